The minimum atomic E-state index is 0.195. The lowest BCUT2D eigenvalue weighted by molar-refractivity contribution is 0.127. The molecule has 0 aromatic heterocycles. The second-order valence-electron chi connectivity index (χ2n) is 4.28. The van der Waals surface area contributed by atoms with Crippen LogP contribution in [0.4, 0.5) is 0 Å². The molecule has 0 aliphatic rings. The van der Waals surface area contributed by atoms with Crippen molar-refractivity contribution in [3.8, 4) is 0 Å². The third-order valence-electron chi connectivity index (χ3n) is 1.64. The Bertz CT molecular complexity index is 110. The van der Waals surface area contributed by atoms with Gasteiger partial charge in [-0.05, 0) is 40.2 Å². The van der Waals surface area contributed by atoms with E-state index in [4.69, 9.17) is 10.5 Å². The van der Waals surface area contributed by atoms with Gasteiger partial charge in [0.1, 0.15) is 0 Å². The number of hydrogen-bond donors (Lipinski definition) is 2. The van der Waals surface area contributed by atoms with Gasteiger partial charge in [0.25, 0.3) is 0 Å². The average molecular weight is 188 g/mol. The Morgan fingerprint density at radius 2 is 1.85 bits per heavy atom. The predicted octanol–water partition coefficient (Wildman–Crippen LogP) is 1.13. The maximum atomic E-state index is 5.41. The second-order valence-corrected chi connectivity index (χ2v) is 4.28. The SMILES string of the molecule is CC(C)(C)NCCOCCCCN. The van der Waals surface area contributed by atoms with Gasteiger partial charge in [0.05, 0.1) is 6.61 Å². The summed E-state index contributed by atoms with van der Waals surface area (Å²) in [6, 6.07) is 0. The monoisotopic (exact) mass is 188 g/mol. The van der Waals surface area contributed by atoms with E-state index < -0.39 is 0 Å². The maximum Gasteiger partial charge on any atom is 0.0591 e. The highest BCUT2D eigenvalue weighted by Gasteiger charge is 2.06. The molecule has 0 saturated carbocycles. The molecule has 3 N–H and O–H groups in total. The Labute approximate surface area is 82.0 Å². The molecule has 0 heterocycles. The van der Waals surface area contributed by atoms with E-state index in [2.05, 4.69) is 26.1 Å². The van der Waals surface area contributed by atoms with Crippen molar-refractivity contribution in [1.29, 1.82) is 0 Å². The van der Waals surface area contributed by atoms with Crippen LogP contribution in [0.5, 0.6) is 0 Å². The fourth-order valence-corrected chi connectivity index (χ4v) is 0.949. The molecule has 0 fully saturated rings. The molecule has 3 nitrogen and oxygen atoms in total. The largest absolute Gasteiger partial charge is 0.380 e. The molecular weight excluding hydrogens is 164 g/mol. The third kappa shape index (κ3) is 11.9. The van der Waals surface area contributed by atoms with Crippen LogP contribution in [0.25, 0.3) is 0 Å². The molecule has 80 valence electrons. The van der Waals surface area contributed by atoms with Crippen molar-refractivity contribution >= 4 is 0 Å². The number of ether oxygens (including phenoxy) is 1. The zero-order chi connectivity index (χ0) is 10.2. The van der Waals surface area contributed by atoms with E-state index in [0.29, 0.717) is 0 Å². The van der Waals surface area contributed by atoms with Gasteiger partial charge in [-0.1, -0.05) is 0 Å². The highest BCUT2D eigenvalue weighted by atomic mass is 16.5. The standard InChI is InChI=1S/C10H24N2O/c1-10(2,3)12-7-9-13-8-5-4-6-11/h12H,4-9,11H2,1-3H3. The summed E-state index contributed by atoms with van der Waals surface area (Å²) in [5, 5.41) is 3.36. The van der Waals surface area contributed by atoms with Gasteiger partial charge in [-0.2, -0.15) is 0 Å². The normalized spacial score (nSPS) is 12.0. The Morgan fingerprint density at radius 3 is 2.38 bits per heavy atom. The zero-order valence-corrected chi connectivity index (χ0v) is 9.23. The molecule has 0 atom stereocenters. The van der Waals surface area contributed by atoms with Crippen LogP contribution in [-0.4, -0.2) is 31.8 Å². The second kappa shape index (κ2) is 7.30. The van der Waals surface area contributed by atoms with Gasteiger partial charge in [0.2, 0.25) is 0 Å². The van der Waals surface area contributed by atoms with Crippen molar-refractivity contribution in [2.24, 2.45) is 5.73 Å². The first-order chi connectivity index (χ1) is 6.06. The minimum Gasteiger partial charge on any atom is -0.380 e. The Hall–Kier alpha value is -0.120. The van der Waals surface area contributed by atoms with Gasteiger partial charge in [-0.3, -0.25) is 0 Å². The van der Waals surface area contributed by atoms with Crippen molar-refractivity contribution in [2.45, 2.75) is 39.2 Å². The van der Waals surface area contributed by atoms with Crippen LogP contribution in [0.1, 0.15) is 33.6 Å². The molecule has 0 aliphatic heterocycles. The lowest BCUT2D eigenvalue weighted by Crippen LogP contribution is -2.38. The maximum absolute atomic E-state index is 5.41. The van der Waals surface area contributed by atoms with Crippen LogP contribution < -0.4 is 11.1 Å². The highest BCUT2D eigenvalue weighted by molar-refractivity contribution is 4.69. The Kier molecular flexibility index (Phi) is 7.23. The summed E-state index contributed by atoms with van der Waals surface area (Å²) in [5.41, 5.74) is 5.55. The molecule has 0 aliphatic carbocycles. The molecule has 0 amide bonds. The molecule has 3 heteroatoms. The Balaban J connectivity index is 3.00. The van der Waals surface area contributed by atoms with Crippen LogP contribution >= 0.6 is 0 Å². The zero-order valence-electron chi connectivity index (χ0n) is 9.23. The van der Waals surface area contributed by atoms with E-state index >= 15 is 0 Å². The lowest BCUT2D eigenvalue weighted by atomic mass is 10.1. The van der Waals surface area contributed by atoms with E-state index in [1.807, 2.05) is 0 Å². The van der Waals surface area contributed by atoms with E-state index in [1.165, 1.54) is 0 Å². The summed E-state index contributed by atoms with van der Waals surface area (Å²) in [7, 11) is 0. The lowest BCUT2D eigenvalue weighted by Gasteiger charge is -2.20. The van der Waals surface area contributed by atoms with Gasteiger partial charge in [0.15, 0.2) is 0 Å². The van der Waals surface area contributed by atoms with Crippen molar-refractivity contribution < 1.29 is 4.74 Å². The number of rotatable bonds is 7. The van der Waals surface area contributed by atoms with E-state index in [9.17, 15) is 0 Å². The van der Waals surface area contributed by atoms with Crippen molar-refractivity contribution in [3.05, 3.63) is 0 Å². The van der Waals surface area contributed by atoms with Crippen molar-refractivity contribution in [3.63, 3.8) is 0 Å². The first-order valence-corrected chi connectivity index (χ1v) is 5.09. The quantitative estimate of drug-likeness (QED) is 0.589. The molecule has 0 rings (SSSR count). The first kappa shape index (κ1) is 12.9. The number of hydrogen-bond acceptors (Lipinski definition) is 3. The molecule has 13 heavy (non-hydrogen) atoms. The smallest absolute Gasteiger partial charge is 0.0591 e. The van der Waals surface area contributed by atoms with E-state index in [0.717, 1.165) is 39.1 Å². The third-order valence-corrected chi connectivity index (χ3v) is 1.64. The van der Waals surface area contributed by atoms with Gasteiger partial charge in [0, 0.05) is 18.7 Å². The summed E-state index contributed by atoms with van der Waals surface area (Å²) in [4.78, 5) is 0. The van der Waals surface area contributed by atoms with E-state index in [1.54, 1.807) is 0 Å². The topological polar surface area (TPSA) is 47.3 Å². The van der Waals surface area contributed by atoms with Crippen LogP contribution in [0, 0.1) is 0 Å². The fourth-order valence-electron chi connectivity index (χ4n) is 0.949. The van der Waals surface area contributed by atoms with Gasteiger partial charge < -0.3 is 15.8 Å². The summed E-state index contributed by atoms with van der Waals surface area (Å²) in [6.07, 6.45) is 2.14. The summed E-state index contributed by atoms with van der Waals surface area (Å²) >= 11 is 0. The average Bonchev–Trinajstić information content (AvgIpc) is 2.01. The van der Waals surface area contributed by atoms with E-state index in [-0.39, 0.29) is 5.54 Å². The van der Waals surface area contributed by atoms with Gasteiger partial charge in [-0.15, -0.1) is 0 Å². The van der Waals surface area contributed by atoms with Crippen LogP contribution in [0.3, 0.4) is 0 Å². The van der Waals surface area contributed by atoms with Crippen LogP contribution in [0.15, 0.2) is 0 Å². The number of nitrogens with one attached hydrogen (secondary N) is 1. The van der Waals surface area contributed by atoms with Crippen molar-refractivity contribution in [1.82, 2.24) is 5.32 Å². The number of nitrogens with two attached hydrogens (primary N) is 1. The first-order valence-electron chi connectivity index (χ1n) is 5.09. The molecule has 0 aromatic rings. The summed E-state index contributed by atoms with van der Waals surface area (Å²) in [6.45, 7) is 9.78. The minimum absolute atomic E-state index is 0.195. The van der Waals surface area contributed by atoms with Crippen LogP contribution in [0.2, 0.25) is 0 Å². The van der Waals surface area contributed by atoms with Crippen molar-refractivity contribution in [2.75, 3.05) is 26.3 Å². The molecule has 0 bridgehead atoms. The van der Waals surface area contributed by atoms with Gasteiger partial charge in [-0.25, -0.2) is 0 Å². The molecule has 0 spiro atoms. The number of unbranched alkanes of at least 4 members (excludes halogenated alkanes) is 1. The molecular formula is C10H24N2O. The molecule has 0 aromatic carbocycles. The Morgan fingerprint density at radius 1 is 1.15 bits per heavy atom. The fraction of sp³-hybridized carbons (Fsp3) is 1.00. The highest BCUT2D eigenvalue weighted by Crippen LogP contribution is 1.96. The van der Waals surface area contributed by atoms with Crippen LogP contribution in [-0.2, 0) is 4.74 Å². The molecule has 0 radical (unpaired) electrons. The van der Waals surface area contributed by atoms with Gasteiger partial charge >= 0.3 is 0 Å². The summed E-state index contributed by atoms with van der Waals surface area (Å²) in [5.74, 6) is 0. The molecule has 0 unspecified atom stereocenters. The summed E-state index contributed by atoms with van der Waals surface area (Å²) < 4.78 is 5.41. The predicted molar refractivity (Wildman–Crippen MR) is 56.9 cm³/mol. The molecule has 0 saturated heterocycles.